The predicted octanol–water partition coefficient (Wildman–Crippen LogP) is 1.76. The maximum atomic E-state index is 13.3. The molecule has 31 heavy (non-hydrogen) atoms. The minimum absolute atomic E-state index is 0.120. The lowest BCUT2D eigenvalue weighted by Gasteiger charge is -2.42. The average Bonchev–Trinajstić information content (AvgIpc) is 3.25. The second-order valence-electron chi connectivity index (χ2n) is 8.16. The van der Waals surface area contributed by atoms with Crippen molar-refractivity contribution in [3.63, 3.8) is 0 Å². The van der Waals surface area contributed by atoms with Gasteiger partial charge in [-0.2, -0.15) is 0 Å². The lowest BCUT2D eigenvalue weighted by molar-refractivity contribution is -0.159. The second kappa shape index (κ2) is 10.7. The Morgan fingerprint density at radius 1 is 1.23 bits per heavy atom. The van der Waals surface area contributed by atoms with E-state index >= 15 is 0 Å². The van der Waals surface area contributed by atoms with E-state index in [1.807, 2.05) is 30.3 Å². The number of ether oxygens (including phenoxy) is 2. The summed E-state index contributed by atoms with van der Waals surface area (Å²) in [4.78, 5) is 39.2. The Hall–Kier alpha value is -2.45. The quantitative estimate of drug-likeness (QED) is 0.573. The first-order chi connectivity index (χ1) is 14.9. The highest BCUT2D eigenvalue weighted by atomic mass is 16.5. The van der Waals surface area contributed by atoms with Crippen molar-refractivity contribution in [2.75, 3.05) is 13.2 Å². The summed E-state index contributed by atoms with van der Waals surface area (Å²) >= 11 is 0. The largest absolute Gasteiger partial charge is 0.480 e. The molecule has 2 N–H and O–H groups in total. The van der Waals surface area contributed by atoms with Crippen LogP contribution in [-0.2, 0) is 30.3 Å². The molecule has 0 aromatic heterocycles. The van der Waals surface area contributed by atoms with Crippen molar-refractivity contribution in [2.24, 2.45) is 0 Å². The maximum Gasteiger partial charge on any atom is 0.326 e. The van der Waals surface area contributed by atoms with Crippen LogP contribution >= 0.6 is 0 Å². The Kier molecular flexibility index (Phi) is 8.03. The molecule has 2 heterocycles. The average molecular weight is 433 g/mol. The number of aryl methyl sites for hydroxylation is 1. The van der Waals surface area contributed by atoms with Gasteiger partial charge < -0.3 is 19.5 Å². The third kappa shape index (κ3) is 5.62. The van der Waals surface area contributed by atoms with E-state index in [4.69, 9.17) is 9.47 Å². The maximum absolute atomic E-state index is 13.3. The molecule has 3 unspecified atom stereocenters. The summed E-state index contributed by atoms with van der Waals surface area (Å²) in [5.74, 6) is -1.73. The van der Waals surface area contributed by atoms with E-state index in [-0.39, 0.29) is 24.7 Å². The van der Waals surface area contributed by atoms with Crippen LogP contribution in [0.15, 0.2) is 30.3 Å². The smallest absolute Gasteiger partial charge is 0.326 e. The van der Waals surface area contributed by atoms with Crippen LogP contribution in [-0.4, -0.2) is 71.3 Å². The topological polar surface area (TPSA) is 105 Å². The zero-order valence-corrected chi connectivity index (χ0v) is 18.2. The third-order valence-corrected chi connectivity index (χ3v) is 6.09. The van der Waals surface area contributed by atoms with Crippen LogP contribution in [0, 0.1) is 0 Å². The summed E-state index contributed by atoms with van der Waals surface area (Å²) in [6.07, 6.45) is 2.63. The number of carbonyl (C=O) groups excluding carboxylic acids is 2. The van der Waals surface area contributed by atoms with Gasteiger partial charge >= 0.3 is 11.9 Å². The normalized spacial score (nSPS) is 24.8. The first-order valence-corrected chi connectivity index (χ1v) is 11.1. The number of aliphatic carboxylic acids is 1. The number of amides is 1. The fraction of sp³-hybridized carbons (Fsp3) is 0.609. The molecule has 8 heteroatoms. The monoisotopic (exact) mass is 432 g/mol. The van der Waals surface area contributed by atoms with Crippen molar-refractivity contribution in [3.05, 3.63) is 35.9 Å². The van der Waals surface area contributed by atoms with Gasteiger partial charge in [-0.1, -0.05) is 30.3 Å². The number of carbonyl (C=O) groups is 3. The van der Waals surface area contributed by atoms with Crippen LogP contribution in [0.1, 0.15) is 45.1 Å². The number of fused-ring (bicyclic) bond motifs is 1. The highest BCUT2D eigenvalue weighted by Crippen LogP contribution is 2.32. The molecule has 1 aromatic rings. The Morgan fingerprint density at radius 2 is 1.97 bits per heavy atom. The van der Waals surface area contributed by atoms with E-state index in [0.717, 1.165) is 5.56 Å². The van der Waals surface area contributed by atoms with Crippen molar-refractivity contribution in [1.29, 1.82) is 0 Å². The summed E-state index contributed by atoms with van der Waals surface area (Å²) < 4.78 is 10.9. The van der Waals surface area contributed by atoms with E-state index in [2.05, 4.69) is 5.32 Å². The molecule has 2 fully saturated rings. The Morgan fingerprint density at radius 3 is 2.65 bits per heavy atom. The summed E-state index contributed by atoms with van der Waals surface area (Å²) in [6.45, 7) is 4.19. The van der Waals surface area contributed by atoms with Crippen LogP contribution in [0.25, 0.3) is 0 Å². The number of hydrogen-bond acceptors (Lipinski definition) is 6. The van der Waals surface area contributed by atoms with Crippen molar-refractivity contribution in [2.45, 2.75) is 76.2 Å². The van der Waals surface area contributed by atoms with Crippen LogP contribution in [0.3, 0.4) is 0 Å². The molecule has 0 radical (unpaired) electrons. The molecule has 3 rings (SSSR count). The van der Waals surface area contributed by atoms with Crippen LogP contribution in [0.5, 0.6) is 0 Å². The zero-order valence-electron chi connectivity index (χ0n) is 18.2. The molecule has 1 aromatic carbocycles. The van der Waals surface area contributed by atoms with E-state index in [9.17, 15) is 19.5 Å². The molecule has 2 saturated heterocycles. The molecule has 170 valence electrons. The van der Waals surface area contributed by atoms with Gasteiger partial charge in [-0.05, 0) is 51.5 Å². The Labute approximate surface area is 182 Å². The molecular weight excluding hydrogens is 400 g/mol. The first-order valence-electron chi connectivity index (χ1n) is 11.1. The van der Waals surface area contributed by atoms with Crippen molar-refractivity contribution in [1.82, 2.24) is 10.2 Å². The number of hydrogen-bond donors (Lipinski definition) is 2. The Balaban J connectivity index is 1.71. The van der Waals surface area contributed by atoms with Gasteiger partial charge in [-0.25, -0.2) is 4.79 Å². The fourth-order valence-electron chi connectivity index (χ4n) is 4.55. The summed E-state index contributed by atoms with van der Waals surface area (Å²) in [5, 5.41) is 12.8. The van der Waals surface area contributed by atoms with E-state index in [1.165, 1.54) is 4.90 Å². The summed E-state index contributed by atoms with van der Waals surface area (Å²) in [6, 6.07) is 7.29. The number of benzene rings is 1. The molecule has 0 bridgehead atoms. The molecule has 5 atom stereocenters. The van der Waals surface area contributed by atoms with E-state index in [0.29, 0.717) is 38.7 Å². The number of carboxylic acids is 1. The van der Waals surface area contributed by atoms with Crippen molar-refractivity contribution in [3.8, 4) is 0 Å². The van der Waals surface area contributed by atoms with Gasteiger partial charge in [0.15, 0.2) is 0 Å². The molecule has 0 saturated carbocycles. The lowest BCUT2D eigenvalue weighted by atomic mass is 9.91. The van der Waals surface area contributed by atoms with Crippen LogP contribution < -0.4 is 5.32 Å². The highest BCUT2D eigenvalue weighted by molar-refractivity contribution is 5.88. The molecule has 0 spiro atoms. The number of rotatable bonds is 9. The molecule has 1 amide bonds. The Bertz CT molecular complexity index is 771. The van der Waals surface area contributed by atoms with Gasteiger partial charge in [-0.15, -0.1) is 0 Å². The minimum atomic E-state index is -1.00. The van der Waals surface area contributed by atoms with Gasteiger partial charge in [0, 0.05) is 6.61 Å². The third-order valence-electron chi connectivity index (χ3n) is 6.09. The van der Waals surface area contributed by atoms with Crippen molar-refractivity contribution < 1.29 is 29.0 Å². The lowest BCUT2D eigenvalue weighted by Crippen LogP contribution is -2.61. The van der Waals surface area contributed by atoms with Gasteiger partial charge in [0.1, 0.15) is 12.1 Å². The fourth-order valence-corrected chi connectivity index (χ4v) is 4.55. The van der Waals surface area contributed by atoms with Gasteiger partial charge in [0.2, 0.25) is 5.91 Å². The number of esters is 1. The highest BCUT2D eigenvalue weighted by Gasteiger charge is 2.47. The van der Waals surface area contributed by atoms with Crippen LogP contribution in [0.2, 0.25) is 0 Å². The summed E-state index contributed by atoms with van der Waals surface area (Å²) in [7, 11) is 0. The van der Waals surface area contributed by atoms with Gasteiger partial charge in [-0.3, -0.25) is 14.9 Å². The molecule has 8 nitrogen and oxygen atoms in total. The van der Waals surface area contributed by atoms with Gasteiger partial charge in [0.05, 0.1) is 24.8 Å². The minimum Gasteiger partial charge on any atom is -0.480 e. The molecule has 2 aliphatic heterocycles. The number of piperidine rings is 1. The number of likely N-dealkylation sites (tertiary alicyclic amines) is 1. The number of nitrogens with one attached hydrogen (secondary N) is 1. The molecular formula is C23H32N2O6. The molecule has 2 aliphatic rings. The standard InChI is InChI=1S/C23H32N2O6/c1-3-30-23(29)17(10-9-16-7-5-4-6-8-16)24-15(2)21(26)25-18-13-14-31-20(18)12-11-19(25)22(27)28/h4-8,15,17-20,24H,3,9-14H2,1-2H3,(H,27,28)/t15-,17?,18?,19-,20?/m0/s1. The number of carboxylic acid groups (broad SMARTS) is 1. The van der Waals surface area contributed by atoms with Gasteiger partial charge in [0.25, 0.3) is 0 Å². The van der Waals surface area contributed by atoms with E-state index in [1.54, 1.807) is 13.8 Å². The SMILES string of the molecule is CCOC(=O)C(CCc1ccccc1)N[C@@H](C)C(=O)N1C2CCOC2CC[C@H]1C(=O)O. The molecule has 0 aliphatic carbocycles. The second-order valence-corrected chi connectivity index (χ2v) is 8.16. The zero-order chi connectivity index (χ0) is 22.4. The summed E-state index contributed by atoms with van der Waals surface area (Å²) in [5.41, 5.74) is 1.09. The number of nitrogens with zero attached hydrogens (tertiary/aromatic N) is 1. The van der Waals surface area contributed by atoms with Crippen LogP contribution in [0.4, 0.5) is 0 Å². The predicted molar refractivity (Wildman–Crippen MR) is 113 cm³/mol. The first kappa shape index (κ1) is 23.2. The van der Waals surface area contributed by atoms with Crippen molar-refractivity contribution >= 4 is 17.8 Å². The van der Waals surface area contributed by atoms with E-state index < -0.39 is 30.1 Å².